The SMILES string of the molecule is Cc1ccc(C(=O)OCC(=O)Nc2ccc(F)c(Cl)c2)s1. The topological polar surface area (TPSA) is 55.4 Å². The third-order valence-corrected chi connectivity index (χ3v) is 3.75. The molecule has 1 N–H and O–H groups in total. The Morgan fingerprint density at radius 2 is 2.10 bits per heavy atom. The number of benzene rings is 1. The number of hydrogen-bond donors (Lipinski definition) is 1. The maximum absolute atomic E-state index is 13.0. The zero-order chi connectivity index (χ0) is 15.4. The van der Waals surface area contributed by atoms with E-state index in [1.54, 1.807) is 12.1 Å². The van der Waals surface area contributed by atoms with E-state index in [0.29, 0.717) is 10.6 Å². The van der Waals surface area contributed by atoms with Crippen LogP contribution in [0.5, 0.6) is 0 Å². The Bertz CT molecular complexity index is 687. The van der Waals surface area contributed by atoms with Gasteiger partial charge in [0.25, 0.3) is 5.91 Å². The summed E-state index contributed by atoms with van der Waals surface area (Å²) in [7, 11) is 0. The minimum Gasteiger partial charge on any atom is -0.451 e. The highest BCUT2D eigenvalue weighted by molar-refractivity contribution is 7.13. The number of halogens is 2. The van der Waals surface area contributed by atoms with Gasteiger partial charge >= 0.3 is 5.97 Å². The summed E-state index contributed by atoms with van der Waals surface area (Å²) < 4.78 is 17.8. The first-order valence-electron chi connectivity index (χ1n) is 5.94. The molecule has 0 bridgehead atoms. The van der Waals surface area contributed by atoms with Crippen molar-refractivity contribution >= 4 is 40.5 Å². The molecule has 1 heterocycles. The van der Waals surface area contributed by atoms with Crippen LogP contribution in [0.2, 0.25) is 5.02 Å². The summed E-state index contributed by atoms with van der Waals surface area (Å²) >= 11 is 6.89. The van der Waals surface area contributed by atoms with E-state index in [4.69, 9.17) is 16.3 Å². The Morgan fingerprint density at radius 3 is 2.71 bits per heavy atom. The van der Waals surface area contributed by atoms with Crippen LogP contribution in [0.3, 0.4) is 0 Å². The Kier molecular flexibility index (Phi) is 4.93. The highest BCUT2D eigenvalue weighted by Crippen LogP contribution is 2.19. The summed E-state index contributed by atoms with van der Waals surface area (Å²) in [6.45, 7) is 1.44. The van der Waals surface area contributed by atoms with E-state index in [1.165, 1.54) is 23.5 Å². The molecule has 0 aliphatic carbocycles. The van der Waals surface area contributed by atoms with Crippen LogP contribution in [0.15, 0.2) is 30.3 Å². The summed E-state index contributed by atoms with van der Waals surface area (Å²) in [5.74, 6) is -1.66. The van der Waals surface area contributed by atoms with Crippen molar-refractivity contribution in [1.82, 2.24) is 0 Å². The average molecular weight is 328 g/mol. The molecule has 2 rings (SSSR count). The monoisotopic (exact) mass is 327 g/mol. The number of carbonyl (C=O) groups excluding carboxylic acids is 2. The molecule has 0 unspecified atom stereocenters. The molecule has 1 amide bonds. The van der Waals surface area contributed by atoms with Gasteiger partial charge in [-0.2, -0.15) is 0 Å². The molecule has 0 aliphatic rings. The number of esters is 1. The minimum absolute atomic E-state index is 0.0983. The molecule has 0 saturated carbocycles. The van der Waals surface area contributed by atoms with Gasteiger partial charge in [0.15, 0.2) is 6.61 Å². The molecular weight excluding hydrogens is 317 g/mol. The molecule has 1 aromatic carbocycles. The fourth-order valence-electron chi connectivity index (χ4n) is 1.52. The Morgan fingerprint density at radius 1 is 1.33 bits per heavy atom. The lowest BCUT2D eigenvalue weighted by Crippen LogP contribution is -2.20. The van der Waals surface area contributed by atoms with Crippen LogP contribution < -0.4 is 5.32 Å². The largest absolute Gasteiger partial charge is 0.451 e. The van der Waals surface area contributed by atoms with Crippen LogP contribution in [-0.4, -0.2) is 18.5 Å². The Labute approximate surface area is 129 Å². The van der Waals surface area contributed by atoms with Crippen LogP contribution >= 0.6 is 22.9 Å². The van der Waals surface area contributed by atoms with Crippen LogP contribution in [0.25, 0.3) is 0 Å². The average Bonchev–Trinajstić information content (AvgIpc) is 2.87. The molecule has 0 spiro atoms. The quantitative estimate of drug-likeness (QED) is 0.872. The number of anilines is 1. The van der Waals surface area contributed by atoms with Gasteiger partial charge in [-0.25, -0.2) is 9.18 Å². The van der Waals surface area contributed by atoms with E-state index in [1.807, 2.05) is 6.92 Å². The molecule has 2 aromatic rings. The summed E-state index contributed by atoms with van der Waals surface area (Å²) in [6, 6.07) is 7.21. The van der Waals surface area contributed by atoms with Gasteiger partial charge in [-0.1, -0.05) is 11.6 Å². The normalized spacial score (nSPS) is 10.2. The van der Waals surface area contributed by atoms with Crippen molar-refractivity contribution < 1.29 is 18.7 Å². The fraction of sp³-hybridized carbons (Fsp3) is 0.143. The predicted octanol–water partition coefficient (Wildman–Crippen LogP) is 3.64. The van der Waals surface area contributed by atoms with Crippen LogP contribution in [0.1, 0.15) is 14.5 Å². The van der Waals surface area contributed by atoms with Crippen molar-refractivity contribution in [2.75, 3.05) is 11.9 Å². The molecule has 0 fully saturated rings. The Balaban J connectivity index is 1.87. The highest BCUT2D eigenvalue weighted by atomic mass is 35.5. The van der Waals surface area contributed by atoms with Crippen molar-refractivity contribution in [2.24, 2.45) is 0 Å². The van der Waals surface area contributed by atoms with Gasteiger partial charge in [-0.15, -0.1) is 11.3 Å². The lowest BCUT2D eigenvalue weighted by atomic mass is 10.3. The van der Waals surface area contributed by atoms with Crippen molar-refractivity contribution in [3.05, 3.63) is 50.9 Å². The van der Waals surface area contributed by atoms with E-state index >= 15 is 0 Å². The Hall–Kier alpha value is -1.92. The second kappa shape index (κ2) is 6.69. The number of aryl methyl sites for hydroxylation is 1. The van der Waals surface area contributed by atoms with Crippen LogP contribution in [0, 0.1) is 12.7 Å². The molecule has 1 aromatic heterocycles. The molecule has 4 nitrogen and oxygen atoms in total. The summed E-state index contributed by atoms with van der Waals surface area (Å²) in [4.78, 5) is 24.7. The van der Waals surface area contributed by atoms with E-state index < -0.39 is 24.3 Å². The predicted molar refractivity (Wildman–Crippen MR) is 79.4 cm³/mol. The second-order valence-corrected chi connectivity index (χ2v) is 5.86. The van der Waals surface area contributed by atoms with Crippen LogP contribution in [-0.2, 0) is 9.53 Å². The minimum atomic E-state index is -0.575. The lowest BCUT2D eigenvalue weighted by molar-refractivity contribution is -0.119. The fourth-order valence-corrected chi connectivity index (χ4v) is 2.46. The third-order valence-electron chi connectivity index (χ3n) is 2.48. The van der Waals surface area contributed by atoms with Crippen molar-refractivity contribution in [2.45, 2.75) is 6.92 Å². The number of carbonyl (C=O) groups is 2. The zero-order valence-electron chi connectivity index (χ0n) is 11.0. The number of ether oxygens (including phenoxy) is 1. The second-order valence-electron chi connectivity index (χ2n) is 4.16. The van der Waals surface area contributed by atoms with Gasteiger partial charge in [0, 0.05) is 10.6 Å². The van der Waals surface area contributed by atoms with Gasteiger partial charge in [-0.05, 0) is 37.3 Å². The summed E-state index contributed by atoms with van der Waals surface area (Å²) in [6.07, 6.45) is 0. The number of nitrogens with one attached hydrogen (secondary N) is 1. The molecule has 0 aliphatic heterocycles. The molecule has 21 heavy (non-hydrogen) atoms. The molecule has 0 atom stereocenters. The molecule has 7 heteroatoms. The highest BCUT2D eigenvalue weighted by Gasteiger charge is 2.12. The first-order chi connectivity index (χ1) is 9.95. The van der Waals surface area contributed by atoms with Crippen LogP contribution in [0.4, 0.5) is 10.1 Å². The van der Waals surface area contributed by atoms with Crippen molar-refractivity contribution in [3.8, 4) is 0 Å². The van der Waals surface area contributed by atoms with E-state index in [-0.39, 0.29) is 5.02 Å². The summed E-state index contributed by atoms with van der Waals surface area (Å²) in [5.41, 5.74) is 0.328. The standard InChI is InChI=1S/C14H11ClFNO3S/c1-8-2-5-12(21-8)14(19)20-7-13(18)17-9-3-4-11(16)10(15)6-9/h2-6H,7H2,1H3,(H,17,18). The lowest BCUT2D eigenvalue weighted by Gasteiger charge is -2.06. The molecule has 110 valence electrons. The molecule has 0 saturated heterocycles. The first kappa shape index (κ1) is 15.5. The number of thiophene rings is 1. The zero-order valence-corrected chi connectivity index (χ0v) is 12.6. The van der Waals surface area contributed by atoms with Gasteiger partial charge in [0.1, 0.15) is 10.7 Å². The van der Waals surface area contributed by atoms with E-state index in [2.05, 4.69) is 5.32 Å². The summed E-state index contributed by atoms with van der Waals surface area (Å²) in [5, 5.41) is 2.36. The third kappa shape index (κ3) is 4.27. The van der Waals surface area contributed by atoms with Crippen molar-refractivity contribution in [1.29, 1.82) is 0 Å². The van der Waals surface area contributed by atoms with Gasteiger partial charge in [0.05, 0.1) is 5.02 Å². The maximum Gasteiger partial charge on any atom is 0.348 e. The number of rotatable bonds is 4. The number of amides is 1. The number of hydrogen-bond acceptors (Lipinski definition) is 4. The van der Waals surface area contributed by atoms with Crippen molar-refractivity contribution in [3.63, 3.8) is 0 Å². The van der Waals surface area contributed by atoms with Gasteiger partial charge in [0.2, 0.25) is 0 Å². The molecule has 0 radical (unpaired) electrons. The first-order valence-corrected chi connectivity index (χ1v) is 7.13. The molecular formula is C14H11ClFNO3S. The van der Waals surface area contributed by atoms with Gasteiger partial charge < -0.3 is 10.1 Å². The van der Waals surface area contributed by atoms with Gasteiger partial charge in [-0.3, -0.25) is 4.79 Å². The van der Waals surface area contributed by atoms with E-state index in [0.717, 1.165) is 10.9 Å². The maximum atomic E-state index is 13.0. The van der Waals surface area contributed by atoms with E-state index in [9.17, 15) is 14.0 Å². The smallest absolute Gasteiger partial charge is 0.348 e.